The van der Waals surface area contributed by atoms with E-state index in [-0.39, 0.29) is 23.1 Å². The van der Waals surface area contributed by atoms with Gasteiger partial charge in [-0.25, -0.2) is 21.5 Å². The van der Waals surface area contributed by atoms with Gasteiger partial charge in [0.25, 0.3) is 0 Å². The highest BCUT2D eigenvalue weighted by molar-refractivity contribution is 7.89. The number of aromatic amines is 1. The van der Waals surface area contributed by atoms with Crippen LogP contribution in [0.3, 0.4) is 0 Å². The zero-order valence-corrected chi connectivity index (χ0v) is 14.6. The van der Waals surface area contributed by atoms with Gasteiger partial charge in [-0.2, -0.15) is 5.10 Å². The highest BCUT2D eigenvalue weighted by Crippen LogP contribution is 2.26. The topological polar surface area (TPSA) is 78.1 Å². The molecule has 0 radical (unpaired) electrons. The summed E-state index contributed by atoms with van der Waals surface area (Å²) in [6.07, 6.45) is 1.30. The van der Waals surface area contributed by atoms with E-state index in [0.717, 1.165) is 0 Å². The number of benzene rings is 1. The molecule has 1 aliphatic rings. The van der Waals surface area contributed by atoms with Gasteiger partial charge in [0.15, 0.2) is 0 Å². The zero-order chi connectivity index (χ0) is 18.0. The minimum absolute atomic E-state index is 0.0601. The van der Waals surface area contributed by atoms with Gasteiger partial charge in [0.2, 0.25) is 10.0 Å². The number of nitrogens with one attached hydrogen (secondary N) is 2. The summed E-state index contributed by atoms with van der Waals surface area (Å²) in [4.78, 5) is 0. The second-order valence-corrected chi connectivity index (χ2v) is 8.24. The first-order valence-electron chi connectivity index (χ1n) is 8.15. The van der Waals surface area contributed by atoms with Crippen molar-refractivity contribution in [2.24, 2.45) is 0 Å². The summed E-state index contributed by atoms with van der Waals surface area (Å²) in [5.41, 5.74) is 0.107. The molecule has 3 rings (SSSR count). The van der Waals surface area contributed by atoms with Crippen LogP contribution < -0.4 is 5.32 Å². The Labute approximate surface area is 145 Å². The van der Waals surface area contributed by atoms with Gasteiger partial charge >= 0.3 is 0 Å². The molecule has 2 N–H and O–H groups in total. The van der Waals surface area contributed by atoms with E-state index in [1.54, 1.807) is 13.0 Å². The van der Waals surface area contributed by atoms with Gasteiger partial charge < -0.3 is 5.32 Å². The third kappa shape index (κ3) is 3.82. The molecule has 0 amide bonds. The maximum atomic E-state index is 13.8. The van der Waals surface area contributed by atoms with Crippen LogP contribution in [0.15, 0.2) is 24.3 Å². The number of H-pyrrole nitrogens is 1. The van der Waals surface area contributed by atoms with Crippen LogP contribution in [0, 0.1) is 11.6 Å². The molecule has 0 unspecified atom stereocenters. The molecule has 0 bridgehead atoms. The number of hydrogen-bond acceptors (Lipinski definition) is 4. The number of rotatable bonds is 5. The van der Waals surface area contributed by atoms with Crippen LogP contribution in [0.2, 0.25) is 0 Å². The predicted octanol–water partition coefficient (Wildman–Crippen LogP) is 2.58. The number of sulfonamides is 1. The molecule has 9 heteroatoms. The molecular formula is C16H20F2N4O2S. The van der Waals surface area contributed by atoms with Crippen molar-refractivity contribution in [3.05, 3.63) is 35.9 Å². The van der Waals surface area contributed by atoms with Gasteiger partial charge in [-0.15, -0.1) is 0 Å². The van der Waals surface area contributed by atoms with Gasteiger partial charge in [0, 0.05) is 25.2 Å². The number of halogens is 2. The van der Waals surface area contributed by atoms with Crippen LogP contribution in [0.1, 0.15) is 19.8 Å². The monoisotopic (exact) mass is 370 g/mol. The molecule has 2 aromatic rings. The molecule has 2 heterocycles. The Morgan fingerprint density at radius 2 is 1.92 bits per heavy atom. The van der Waals surface area contributed by atoms with Crippen LogP contribution in [0.5, 0.6) is 0 Å². The number of piperidine rings is 1. The number of aromatic nitrogens is 2. The van der Waals surface area contributed by atoms with E-state index >= 15 is 0 Å². The molecule has 6 nitrogen and oxygen atoms in total. The molecule has 0 aliphatic carbocycles. The normalized spacial score (nSPS) is 16.9. The van der Waals surface area contributed by atoms with E-state index in [2.05, 4.69) is 15.5 Å². The molecule has 1 aliphatic heterocycles. The highest BCUT2D eigenvalue weighted by Gasteiger charge is 2.27. The standard InChI is InChI=1S/C16H20F2N4O2S/c1-2-25(23,24)22-8-6-11(7-9-22)19-15-10-14(20-21-15)16-12(17)4-3-5-13(16)18/h3-5,10-11H,2,6-9H2,1H3,(H2,19,20,21). The van der Waals surface area contributed by atoms with Gasteiger partial charge in [-0.3, -0.25) is 5.10 Å². The first-order chi connectivity index (χ1) is 11.9. The number of nitrogens with zero attached hydrogens (tertiary/aromatic N) is 2. The first-order valence-corrected chi connectivity index (χ1v) is 9.76. The lowest BCUT2D eigenvalue weighted by molar-refractivity contribution is 0.330. The van der Waals surface area contributed by atoms with Crippen molar-refractivity contribution in [1.82, 2.24) is 14.5 Å². The molecule has 25 heavy (non-hydrogen) atoms. The minimum Gasteiger partial charge on any atom is -0.366 e. The van der Waals surface area contributed by atoms with E-state index in [9.17, 15) is 17.2 Å². The maximum Gasteiger partial charge on any atom is 0.213 e. The van der Waals surface area contributed by atoms with Crippen molar-refractivity contribution in [3.8, 4) is 11.3 Å². The van der Waals surface area contributed by atoms with Crippen molar-refractivity contribution in [3.63, 3.8) is 0 Å². The zero-order valence-electron chi connectivity index (χ0n) is 13.8. The van der Waals surface area contributed by atoms with Crippen molar-refractivity contribution in [2.45, 2.75) is 25.8 Å². The van der Waals surface area contributed by atoms with Crippen molar-refractivity contribution in [1.29, 1.82) is 0 Å². The Hall–Kier alpha value is -2.00. The molecule has 1 aromatic heterocycles. The predicted molar refractivity (Wildman–Crippen MR) is 91.6 cm³/mol. The van der Waals surface area contributed by atoms with Gasteiger partial charge in [-0.05, 0) is 31.9 Å². The average molecular weight is 370 g/mol. The van der Waals surface area contributed by atoms with Crippen LogP contribution >= 0.6 is 0 Å². The molecule has 1 saturated heterocycles. The summed E-state index contributed by atoms with van der Waals surface area (Å²) in [5.74, 6) is -0.738. The van der Waals surface area contributed by atoms with Gasteiger partial charge in [-0.1, -0.05) is 6.07 Å². The van der Waals surface area contributed by atoms with E-state index in [1.165, 1.54) is 22.5 Å². The summed E-state index contributed by atoms with van der Waals surface area (Å²) in [5, 5.41) is 9.88. The van der Waals surface area contributed by atoms with Gasteiger partial charge in [0.1, 0.15) is 17.5 Å². The molecule has 0 atom stereocenters. The first kappa shape index (κ1) is 17.8. The highest BCUT2D eigenvalue weighted by atomic mass is 32.2. The second kappa shape index (κ2) is 7.09. The number of anilines is 1. The summed E-state index contributed by atoms with van der Waals surface area (Å²) in [6.45, 7) is 2.53. The summed E-state index contributed by atoms with van der Waals surface area (Å²) >= 11 is 0. The Balaban J connectivity index is 1.65. The summed E-state index contributed by atoms with van der Waals surface area (Å²) in [7, 11) is -3.16. The smallest absolute Gasteiger partial charge is 0.213 e. The Kier molecular flexibility index (Phi) is 5.05. The maximum absolute atomic E-state index is 13.8. The van der Waals surface area contributed by atoms with Crippen LogP contribution in [0.25, 0.3) is 11.3 Å². The lowest BCUT2D eigenvalue weighted by Gasteiger charge is -2.31. The van der Waals surface area contributed by atoms with Crippen molar-refractivity contribution in [2.75, 3.05) is 24.2 Å². The van der Waals surface area contributed by atoms with E-state index in [4.69, 9.17) is 0 Å². The number of hydrogen-bond donors (Lipinski definition) is 2. The van der Waals surface area contributed by atoms with E-state index in [0.29, 0.717) is 31.7 Å². The van der Waals surface area contributed by atoms with E-state index < -0.39 is 21.7 Å². The molecular weight excluding hydrogens is 350 g/mol. The van der Waals surface area contributed by atoms with Crippen LogP contribution in [-0.4, -0.2) is 47.8 Å². The average Bonchev–Trinajstić information content (AvgIpc) is 3.03. The Morgan fingerprint density at radius 3 is 2.52 bits per heavy atom. The fourth-order valence-corrected chi connectivity index (χ4v) is 4.08. The summed E-state index contributed by atoms with van der Waals surface area (Å²) < 4.78 is 52.9. The fourth-order valence-electron chi connectivity index (χ4n) is 2.95. The lowest BCUT2D eigenvalue weighted by atomic mass is 10.1. The van der Waals surface area contributed by atoms with Crippen LogP contribution in [-0.2, 0) is 10.0 Å². The fraction of sp³-hybridized carbons (Fsp3) is 0.438. The molecule has 136 valence electrons. The quantitative estimate of drug-likeness (QED) is 0.848. The largest absolute Gasteiger partial charge is 0.366 e. The van der Waals surface area contributed by atoms with Crippen LogP contribution in [0.4, 0.5) is 14.6 Å². The molecule has 1 aromatic carbocycles. The molecule has 0 saturated carbocycles. The lowest BCUT2D eigenvalue weighted by Crippen LogP contribution is -2.42. The molecule has 0 spiro atoms. The Bertz CT molecular complexity index is 825. The van der Waals surface area contributed by atoms with Crippen molar-refractivity contribution < 1.29 is 17.2 Å². The third-order valence-electron chi connectivity index (χ3n) is 4.37. The third-order valence-corrected chi connectivity index (χ3v) is 6.26. The van der Waals surface area contributed by atoms with Crippen molar-refractivity contribution >= 4 is 15.8 Å². The second-order valence-electron chi connectivity index (χ2n) is 5.98. The minimum atomic E-state index is -3.16. The van der Waals surface area contributed by atoms with E-state index in [1.807, 2.05) is 0 Å². The SMILES string of the molecule is CCS(=O)(=O)N1CCC(Nc2cc(-c3c(F)cccc3F)[nH]n2)CC1. The Morgan fingerprint density at radius 1 is 1.28 bits per heavy atom. The molecule has 1 fully saturated rings. The van der Waals surface area contributed by atoms with Gasteiger partial charge in [0.05, 0.1) is 17.0 Å². The summed E-state index contributed by atoms with van der Waals surface area (Å²) in [6, 6.07) is 5.30.